The van der Waals surface area contributed by atoms with E-state index in [1.807, 2.05) is 5.57 Å². The van der Waals surface area contributed by atoms with Gasteiger partial charge in [-0.1, -0.05) is 63.8 Å². The summed E-state index contributed by atoms with van der Waals surface area (Å²) in [5.74, 6) is 4.34. The third-order valence-electron chi connectivity index (χ3n) is 5.02. The molecule has 0 aromatic rings. The molecule has 20 heavy (non-hydrogen) atoms. The minimum absolute atomic E-state index is 0.933. The van der Waals surface area contributed by atoms with Gasteiger partial charge in [0, 0.05) is 0 Å². The predicted molar refractivity (Wildman–Crippen MR) is 95.8 cm³/mol. The third-order valence-corrected chi connectivity index (χ3v) is 6.40. The second-order valence-corrected chi connectivity index (χ2v) is 8.43. The molecule has 2 unspecified atom stereocenters. The van der Waals surface area contributed by atoms with Crippen LogP contribution < -0.4 is 0 Å². The second-order valence-electron chi connectivity index (χ2n) is 7.02. The minimum Gasteiger partial charge on any atom is -0.210 e. The molecule has 2 bridgehead atoms. The number of fused-ring (bicyclic) bond motifs is 2. The van der Waals surface area contributed by atoms with Gasteiger partial charge in [0.25, 0.3) is 0 Å². The highest BCUT2D eigenvalue weighted by Crippen LogP contribution is 2.43. The van der Waals surface area contributed by atoms with E-state index in [1.54, 1.807) is 0 Å². The summed E-state index contributed by atoms with van der Waals surface area (Å²) in [6.45, 7) is 4.62. The summed E-state index contributed by atoms with van der Waals surface area (Å²) in [7, 11) is 0. The SMILES string of the molecule is CCCCCSB1CC2C=C(CCCCC)CC(C1)C2. The number of allylic oxidation sites excluding steroid dienone is 2. The highest BCUT2D eigenvalue weighted by molar-refractivity contribution is 8.25. The van der Waals surface area contributed by atoms with Crippen molar-refractivity contribution in [2.75, 3.05) is 5.75 Å². The molecule has 2 heteroatoms. The van der Waals surface area contributed by atoms with E-state index in [9.17, 15) is 0 Å². The Balaban J connectivity index is 1.72. The van der Waals surface area contributed by atoms with Gasteiger partial charge in [-0.2, -0.15) is 0 Å². The first-order valence-electron chi connectivity index (χ1n) is 9.13. The van der Waals surface area contributed by atoms with Gasteiger partial charge in [-0.25, -0.2) is 11.6 Å². The van der Waals surface area contributed by atoms with Gasteiger partial charge >= 0.3 is 0 Å². The smallest absolute Gasteiger partial charge is 0.210 e. The van der Waals surface area contributed by atoms with Crippen molar-refractivity contribution in [3.05, 3.63) is 11.6 Å². The lowest BCUT2D eigenvalue weighted by atomic mass is 9.52. The highest BCUT2D eigenvalue weighted by atomic mass is 32.2. The molecular formula is C18H33BS. The van der Waals surface area contributed by atoms with Crippen LogP contribution >= 0.6 is 11.6 Å². The quantitative estimate of drug-likeness (QED) is 0.267. The molecule has 0 radical (unpaired) electrons. The molecule has 114 valence electrons. The van der Waals surface area contributed by atoms with Gasteiger partial charge in [-0.15, -0.1) is 0 Å². The van der Waals surface area contributed by atoms with Gasteiger partial charge < -0.3 is 0 Å². The molecule has 0 amide bonds. The standard InChI is InChI=1S/C18H33BS/c1-3-5-7-9-16-11-17-13-18(12-16)15-19(14-17)20-10-8-6-4-2/h11,17-18H,3-10,12-15H2,1-2H3. The van der Waals surface area contributed by atoms with Crippen molar-refractivity contribution in [2.24, 2.45) is 11.8 Å². The van der Waals surface area contributed by atoms with Crippen LogP contribution in [0.4, 0.5) is 0 Å². The summed E-state index contributed by atoms with van der Waals surface area (Å²) in [6.07, 6.45) is 18.4. The Labute approximate surface area is 131 Å². The normalized spacial score (nSPS) is 25.7. The van der Waals surface area contributed by atoms with E-state index in [1.165, 1.54) is 76.2 Å². The molecule has 2 atom stereocenters. The number of hydrogen-bond donors (Lipinski definition) is 0. The van der Waals surface area contributed by atoms with Crippen LogP contribution in [0.3, 0.4) is 0 Å². The minimum atomic E-state index is 0.933. The fourth-order valence-electron chi connectivity index (χ4n) is 4.03. The summed E-state index contributed by atoms with van der Waals surface area (Å²) < 4.78 is 0. The van der Waals surface area contributed by atoms with Crippen molar-refractivity contribution < 1.29 is 0 Å². The van der Waals surface area contributed by atoms with E-state index >= 15 is 0 Å². The Kier molecular flexibility index (Phi) is 7.63. The van der Waals surface area contributed by atoms with E-state index in [4.69, 9.17) is 0 Å². The number of unbranched alkanes of at least 4 members (excludes halogenated alkanes) is 4. The molecule has 2 aliphatic rings. The number of rotatable bonds is 9. The maximum atomic E-state index is 2.69. The van der Waals surface area contributed by atoms with Gasteiger partial charge in [0.1, 0.15) is 0 Å². The van der Waals surface area contributed by atoms with Crippen LogP contribution in [-0.4, -0.2) is 11.7 Å². The van der Waals surface area contributed by atoms with E-state index in [-0.39, 0.29) is 0 Å². The second kappa shape index (κ2) is 9.23. The van der Waals surface area contributed by atoms with Gasteiger partial charge in [0.05, 0.1) is 0 Å². The molecule has 0 nitrogen and oxygen atoms in total. The number of hydrogen-bond acceptors (Lipinski definition) is 1. The zero-order chi connectivity index (χ0) is 14.2. The van der Waals surface area contributed by atoms with Crippen LogP contribution in [0.15, 0.2) is 11.6 Å². The summed E-state index contributed by atoms with van der Waals surface area (Å²) in [6, 6.07) is 0. The molecule has 0 saturated carbocycles. The Morgan fingerprint density at radius 3 is 2.65 bits per heavy atom. The van der Waals surface area contributed by atoms with Crippen LogP contribution in [0.5, 0.6) is 0 Å². The first-order chi connectivity index (χ1) is 9.81. The molecule has 1 heterocycles. The molecule has 1 aliphatic carbocycles. The van der Waals surface area contributed by atoms with E-state index < -0.39 is 0 Å². The maximum Gasteiger partial charge on any atom is 0.210 e. The van der Waals surface area contributed by atoms with Gasteiger partial charge in [0.15, 0.2) is 0 Å². The lowest BCUT2D eigenvalue weighted by Gasteiger charge is -2.36. The lowest BCUT2D eigenvalue weighted by Crippen LogP contribution is -2.29. The first kappa shape index (κ1) is 16.5. The fraction of sp³-hybridized carbons (Fsp3) is 0.889. The summed E-state index contributed by atoms with van der Waals surface area (Å²) in [5, 5.41) is 0. The molecule has 0 spiro atoms. The Morgan fingerprint density at radius 2 is 1.90 bits per heavy atom. The zero-order valence-electron chi connectivity index (χ0n) is 13.7. The van der Waals surface area contributed by atoms with Crippen molar-refractivity contribution in [3.63, 3.8) is 0 Å². The molecule has 0 N–H and O–H groups in total. The fourth-order valence-corrected chi connectivity index (χ4v) is 5.52. The largest absolute Gasteiger partial charge is 0.210 e. The average Bonchev–Trinajstić information content (AvgIpc) is 2.43. The van der Waals surface area contributed by atoms with E-state index in [0.29, 0.717) is 0 Å². The van der Waals surface area contributed by atoms with Crippen LogP contribution in [0.1, 0.15) is 71.6 Å². The topological polar surface area (TPSA) is 0 Å². The molecule has 1 saturated heterocycles. The summed E-state index contributed by atoms with van der Waals surface area (Å²) in [5.41, 5.74) is 1.81. The van der Waals surface area contributed by atoms with Crippen LogP contribution in [0.2, 0.25) is 12.6 Å². The molecular weight excluding hydrogens is 259 g/mol. The lowest BCUT2D eigenvalue weighted by molar-refractivity contribution is 0.404. The Bertz CT molecular complexity index is 300. The van der Waals surface area contributed by atoms with Crippen LogP contribution in [0, 0.1) is 11.8 Å². The van der Waals surface area contributed by atoms with Crippen LogP contribution in [-0.2, 0) is 0 Å². The first-order valence-corrected chi connectivity index (χ1v) is 10.2. The predicted octanol–water partition coefficient (Wildman–Crippen LogP) is 6.45. The van der Waals surface area contributed by atoms with Gasteiger partial charge in [-0.05, 0) is 49.7 Å². The molecule has 0 aromatic heterocycles. The van der Waals surface area contributed by atoms with Crippen LogP contribution in [0.25, 0.3) is 0 Å². The average molecular weight is 292 g/mol. The van der Waals surface area contributed by atoms with Gasteiger partial charge in [-0.3, -0.25) is 0 Å². The molecule has 1 aliphatic heterocycles. The Morgan fingerprint density at radius 1 is 1.10 bits per heavy atom. The molecule has 2 rings (SSSR count). The Hall–Kier alpha value is 0.155. The summed E-state index contributed by atoms with van der Waals surface area (Å²) in [4.78, 5) is 0. The zero-order valence-corrected chi connectivity index (χ0v) is 14.5. The highest BCUT2D eigenvalue weighted by Gasteiger charge is 2.33. The molecule has 0 aromatic carbocycles. The van der Waals surface area contributed by atoms with Gasteiger partial charge in [0.2, 0.25) is 5.99 Å². The van der Waals surface area contributed by atoms with Crippen molar-refractivity contribution in [1.82, 2.24) is 0 Å². The third kappa shape index (κ3) is 5.50. The van der Waals surface area contributed by atoms with Crippen molar-refractivity contribution >= 4 is 17.6 Å². The van der Waals surface area contributed by atoms with Crippen molar-refractivity contribution in [3.8, 4) is 0 Å². The molecule has 1 fully saturated rings. The van der Waals surface area contributed by atoms with Crippen molar-refractivity contribution in [2.45, 2.75) is 84.3 Å². The maximum absolute atomic E-state index is 2.69. The summed E-state index contributed by atoms with van der Waals surface area (Å²) >= 11 is 2.29. The monoisotopic (exact) mass is 292 g/mol. The van der Waals surface area contributed by atoms with E-state index in [2.05, 4.69) is 31.5 Å². The van der Waals surface area contributed by atoms with Crippen molar-refractivity contribution in [1.29, 1.82) is 0 Å². The van der Waals surface area contributed by atoms with E-state index in [0.717, 1.165) is 17.8 Å².